The summed E-state index contributed by atoms with van der Waals surface area (Å²) in [5.41, 5.74) is 0.895. The van der Waals surface area contributed by atoms with Gasteiger partial charge in [0.1, 0.15) is 17.1 Å². The maximum absolute atomic E-state index is 12.1. The van der Waals surface area contributed by atoms with E-state index < -0.39 is 14.9 Å². The fraction of sp³-hybridized carbons (Fsp3) is 0.333. The van der Waals surface area contributed by atoms with E-state index in [4.69, 9.17) is 0 Å². The standard InChI is InChI=1S/C18H23N5O5S/c1-4-22(5-2)13-7-9-15(16(11-13)21-29(27,28)6-3)19-20-17-12-14(23(25)26)8-10-18(17)24/h7-12,21,24H,4-6H2,1-3H3. The molecule has 0 saturated carbocycles. The number of benzene rings is 2. The quantitative estimate of drug-likeness (QED) is 0.351. The van der Waals surface area contributed by atoms with E-state index in [2.05, 4.69) is 15.0 Å². The van der Waals surface area contributed by atoms with Gasteiger partial charge in [0.05, 0.1) is 16.4 Å². The molecule has 0 fully saturated rings. The fourth-order valence-corrected chi connectivity index (χ4v) is 3.17. The van der Waals surface area contributed by atoms with Crippen LogP contribution in [0.1, 0.15) is 20.8 Å². The number of rotatable bonds is 9. The summed E-state index contributed by atoms with van der Waals surface area (Å²) < 4.78 is 26.6. The largest absolute Gasteiger partial charge is 0.506 e. The summed E-state index contributed by atoms with van der Waals surface area (Å²) in [4.78, 5) is 12.3. The van der Waals surface area contributed by atoms with Gasteiger partial charge in [-0.1, -0.05) is 0 Å². The normalized spacial score (nSPS) is 11.6. The molecule has 10 nitrogen and oxygen atoms in total. The summed E-state index contributed by atoms with van der Waals surface area (Å²) in [6, 6.07) is 8.41. The predicted octanol–water partition coefficient (Wildman–Crippen LogP) is 4.32. The van der Waals surface area contributed by atoms with Crippen molar-refractivity contribution in [3.63, 3.8) is 0 Å². The first kappa shape index (κ1) is 22.1. The summed E-state index contributed by atoms with van der Waals surface area (Å²) in [6.45, 7) is 6.95. The van der Waals surface area contributed by atoms with Crippen LogP contribution in [0.3, 0.4) is 0 Å². The number of phenolic OH excluding ortho intramolecular Hbond substituents is 1. The van der Waals surface area contributed by atoms with Crippen LogP contribution < -0.4 is 9.62 Å². The molecule has 0 aromatic heterocycles. The van der Waals surface area contributed by atoms with Crippen LogP contribution in [0.15, 0.2) is 46.6 Å². The highest BCUT2D eigenvalue weighted by molar-refractivity contribution is 7.92. The van der Waals surface area contributed by atoms with E-state index in [1.54, 1.807) is 18.2 Å². The van der Waals surface area contributed by atoms with Gasteiger partial charge in [-0.3, -0.25) is 14.8 Å². The van der Waals surface area contributed by atoms with Crippen molar-refractivity contribution in [1.82, 2.24) is 0 Å². The Kier molecular flexibility index (Phi) is 7.10. The minimum absolute atomic E-state index is 0.101. The number of anilines is 2. The van der Waals surface area contributed by atoms with Gasteiger partial charge in [0.2, 0.25) is 10.0 Å². The number of nitrogens with zero attached hydrogens (tertiary/aromatic N) is 4. The van der Waals surface area contributed by atoms with Crippen molar-refractivity contribution in [2.24, 2.45) is 10.2 Å². The summed E-state index contributed by atoms with van der Waals surface area (Å²) in [5.74, 6) is -0.403. The molecule has 11 heteroatoms. The lowest BCUT2D eigenvalue weighted by Crippen LogP contribution is -2.22. The molecule has 0 radical (unpaired) electrons. The van der Waals surface area contributed by atoms with Crippen molar-refractivity contribution in [2.45, 2.75) is 20.8 Å². The van der Waals surface area contributed by atoms with Crippen molar-refractivity contribution in [2.75, 3.05) is 28.5 Å². The van der Waals surface area contributed by atoms with Crippen molar-refractivity contribution >= 4 is 38.5 Å². The Morgan fingerprint density at radius 2 is 1.72 bits per heavy atom. The van der Waals surface area contributed by atoms with Crippen molar-refractivity contribution in [3.05, 3.63) is 46.5 Å². The molecular formula is C18H23N5O5S. The average Bonchev–Trinajstić information content (AvgIpc) is 2.69. The number of phenols is 1. The Hall–Kier alpha value is -3.21. The van der Waals surface area contributed by atoms with E-state index in [1.165, 1.54) is 6.92 Å². The Morgan fingerprint density at radius 3 is 2.31 bits per heavy atom. The molecule has 0 aliphatic heterocycles. The Balaban J connectivity index is 2.49. The van der Waals surface area contributed by atoms with Crippen LogP contribution in [0.25, 0.3) is 0 Å². The second kappa shape index (κ2) is 9.32. The molecule has 0 aliphatic carbocycles. The topological polar surface area (TPSA) is 138 Å². The van der Waals surface area contributed by atoms with E-state index in [1.807, 2.05) is 18.7 Å². The lowest BCUT2D eigenvalue weighted by atomic mass is 10.2. The molecule has 0 bridgehead atoms. The fourth-order valence-electron chi connectivity index (χ4n) is 2.53. The molecule has 156 valence electrons. The van der Waals surface area contributed by atoms with E-state index in [9.17, 15) is 23.6 Å². The smallest absolute Gasteiger partial charge is 0.271 e. The second-order valence-corrected chi connectivity index (χ2v) is 8.02. The van der Waals surface area contributed by atoms with Crippen LogP contribution in [0.2, 0.25) is 0 Å². The molecule has 0 spiro atoms. The monoisotopic (exact) mass is 421 g/mol. The van der Waals surface area contributed by atoms with Gasteiger partial charge in [0.25, 0.3) is 5.69 Å². The molecule has 0 heterocycles. The third kappa shape index (κ3) is 5.64. The molecule has 2 aromatic carbocycles. The Labute approximate surface area is 169 Å². The number of azo groups is 1. The number of sulfonamides is 1. The number of non-ortho nitro benzene ring substituents is 1. The minimum Gasteiger partial charge on any atom is -0.506 e. The predicted molar refractivity (Wildman–Crippen MR) is 112 cm³/mol. The zero-order valence-electron chi connectivity index (χ0n) is 16.4. The summed E-state index contributed by atoms with van der Waals surface area (Å²) in [5, 5.41) is 28.7. The van der Waals surface area contributed by atoms with Crippen LogP contribution in [-0.4, -0.2) is 37.3 Å². The maximum atomic E-state index is 12.1. The number of nitro benzene ring substituents is 1. The highest BCUT2D eigenvalue weighted by Crippen LogP contribution is 2.35. The summed E-state index contributed by atoms with van der Waals surface area (Å²) in [7, 11) is -3.57. The summed E-state index contributed by atoms with van der Waals surface area (Å²) >= 11 is 0. The van der Waals surface area contributed by atoms with Gasteiger partial charge < -0.3 is 10.0 Å². The lowest BCUT2D eigenvalue weighted by molar-refractivity contribution is -0.384. The Morgan fingerprint density at radius 1 is 1.07 bits per heavy atom. The molecule has 29 heavy (non-hydrogen) atoms. The number of aromatic hydroxyl groups is 1. The molecule has 2 aromatic rings. The van der Waals surface area contributed by atoms with E-state index in [-0.39, 0.29) is 34.3 Å². The Bertz CT molecular complexity index is 1020. The zero-order valence-corrected chi connectivity index (χ0v) is 17.2. The van der Waals surface area contributed by atoms with Gasteiger partial charge in [0, 0.05) is 30.9 Å². The van der Waals surface area contributed by atoms with Crippen molar-refractivity contribution < 1.29 is 18.4 Å². The van der Waals surface area contributed by atoms with E-state index in [0.717, 1.165) is 37.0 Å². The number of hydrogen-bond acceptors (Lipinski definition) is 8. The number of hydrogen-bond donors (Lipinski definition) is 2. The molecule has 0 unspecified atom stereocenters. The van der Waals surface area contributed by atoms with Gasteiger partial charge in [-0.2, -0.15) is 0 Å². The lowest BCUT2D eigenvalue weighted by Gasteiger charge is -2.22. The molecule has 0 saturated heterocycles. The third-order valence-electron chi connectivity index (χ3n) is 4.19. The van der Waals surface area contributed by atoms with Crippen LogP contribution in [-0.2, 0) is 10.0 Å². The van der Waals surface area contributed by atoms with Crippen LogP contribution in [0.4, 0.5) is 28.4 Å². The highest BCUT2D eigenvalue weighted by Gasteiger charge is 2.14. The SMILES string of the molecule is CCN(CC)c1ccc(N=Nc2cc([N+](=O)[O-])ccc2O)c(NS(=O)(=O)CC)c1. The van der Waals surface area contributed by atoms with Crippen LogP contribution in [0.5, 0.6) is 5.75 Å². The van der Waals surface area contributed by atoms with Gasteiger partial charge in [-0.25, -0.2) is 8.42 Å². The van der Waals surface area contributed by atoms with Crippen LogP contribution in [0, 0.1) is 10.1 Å². The molecule has 0 amide bonds. The van der Waals surface area contributed by atoms with Crippen LogP contribution >= 0.6 is 0 Å². The van der Waals surface area contributed by atoms with Gasteiger partial charge in [-0.15, -0.1) is 10.2 Å². The van der Waals surface area contributed by atoms with Crippen molar-refractivity contribution in [1.29, 1.82) is 0 Å². The molecular weight excluding hydrogens is 398 g/mol. The first-order valence-corrected chi connectivity index (χ1v) is 10.6. The maximum Gasteiger partial charge on any atom is 0.271 e. The zero-order chi connectivity index (χ0) is 21.6. The highest BCUT2D eigenvalue weighted by atomic mass is 32.2. The van der Waals surface area contributed by atoms with E-state index >= 15 is 0 Å². The van der Waals surface area contributed by atoms with E-state index in [0.29, 0.717) is 0 Å². The average molecular weight is 421 g/mol. The first-order valence-electron chi connectivity index (χ1n) is 8.99. The molecule has 0 atom stereocenters. The third-order valence-corrected chi connectivity index (χ3v) is 5.48. The summed E-state index contributed by atoms with van der Waals surface area (Å²) in [6.07, 6.45) is 0. The molecule has 0 aliphatic rings. The number of nitro groups is 1. The second-order valence-electron chi connectivity index (χ2n) is 6.01. The minimum atomic E-state index is -3.57. The molecule has 2 N–H and O–H groups in total. The van der Waals surface area contributed by atoms with Gasteiger partial charge in [0.15, 0.2) is 0 Å². The first-order chi connectivity index (χ1) is 13.7. The van der Waals surface area contributed by atoms with Crippen molar-refractivity contribution in [3.8, 4) is 5.75 Å². The van der Waals surface area contributed by atoms with Gasteiger partial charge >= 0.3 is 0 Å². The van der Waals surface area contributed by atoms with Gasteiger partial charge in [-0.05, 0) is 45.0 Å². The number of nitrogens with one attached hydrogen (secondary N) is 1. The molecule has 2 rings (SSSR count).